The molecule has 0 aliphatic rings. The second-order valence-electron chi connectivity index (χ2n) is 9.56. The zero-order valence-corrected chi connectivity index (χ0v) is 22.3. The molecule has 0 fully saturated rings. The fraction of sp³-hybridized carbons (Fsp3) is 0.258. The maximum Gasteiger partial charge on any atom is 0.202 e. The Bertz CT molecular complexity index is 1410. The Morgan fingerprint density at radius 1 is 0.829 bits per heavy atom. The zero-order valence-electron chi connectivity index (χ0n) is 20.7. The first kappa shape index (κ1) is 25.0. The average Bonchev–Trinajstić information content (AvgIpc) is 3.17. The molecule has 0 aliphatic heterocycles. The molecule has 0 radical (unpaired) electrons. The fourth-order valence-electron chi connectivity index (χ4n) is 4.73. The summed E-state index contributed by atoms with van der Waals surface area (Å²) in [4.78, 5) is 0. The minimum Gasteiger partial charge on any atom is -1.00 e. The van der Waals surface area contributed by atoms with E-state index in [2.05, 4.69) is 115 Å². The number of hydrogen-bond donors (Lipinski definition) is 0. The molecule has 2 heterocycles. The van der Waals surface area contributed by atoms with E-state index in [1.165, 1.54) is 45.0 Å². The molecule has 0 saturated heterocycles. The van der Waals surface area contributed by atoms with E-state index in [0.29, 0.717) is 12.5 Å². The summed E-state index contributed by atoms with van der Waals surface area (Å²) in [5, 5.41) is 2.58. The molecule has 0 amide bonds. The summed E-state index contributed by atoms with van der Waals surface area (Å²) in [6.45, 7) is 9.28. The van der Waals surface area contributed by atoms with Crippen molar-refractivity contribution in [3.63, 3.8) is 0 Å². The van der Waals surface area contributed by atoms with Crippen LogP contribution in [0, 0.1) is 12.8 Å². The van der Waals surface area contributed by atoms with Gasteiger partial charge in [-0.15, -0.1) is 0 Å². The molecule has 0 aliphatic carbocycles. The molecule has 0 atom stereocenters. The highest BCUT2D eigenvalue weighted by Gasteiger charge is 2.20. The molecule has 4 heteroatoms. The summed E-state index contributed by atoms with van der Waals surface area (Å²) >= 11 is 0. The normalized spacial score (nSPS) is 11.2. The summed E-state index contributed by atoms with van der Waals surface area (Å²) in [6, 6.07) is 29.9. The third kappa shape index (κ3) is 5.43. The van der Waals surface area contributed by atoms with Gasteiger partial charge in [0.25, 0.3) is 0 Å². The van der Waals surface area contributed by atoms with Crippen LogP contribution < -0.4 is 26.3 Å². The van der Waals surface area contributed by atoms with Crippen LogP contribution in [0.5, 0.6) is 5.75 Å². The Morgan fingerprint density at radius 3 is 2.20 bits per heavy atom. The highest BCUT2D eigenvalue weighted by Crippen LogP contribution is 2.33. The van der Waals surface area contributed by atoms with E-state index < -0.39 is 0 Å². The monoisotopic (exact) mass is 528 g/mol. The molecule has 3 aromatic carbocycles. The molecular weight excluding hydrogens is 496 g/mol. The lowest BCUT2D eigenvalue weighted by atomic mass is 10.1. The number of benzene rings is 3. The quantitative estimate of drug-likeness (QED) is 0.277. The van der Waals surface area contributed by atoms with E-state index in [0.717, 1.165) is 18.8 Å². The molecule has 5 aromatic rings. The molecule has 180 valence electrons. The summed E-state index contributed by atoms with van der Waals surface area (Å²) in [6.07, 6.45) is 3.43. The minimum absolute atomic E-state index is 0. The number of nitrogens with zero attached hydrogens (tertiary/aromatic N) is 2. The molecule has 0 N–H and O–H groups in total. The lowest BCUT2D eigenvalue weighted by molar-refractivity contribution is -0.702. The Hall–Kier alpha value is -3.11. The zero-order chi connectivity index (χ0) is 23.5. The lowest BCUT2D eigenvalue weighted by Crippen LogP contribution is -3.00. The van der Waals surface area contributed by atoms with Gasteiger partial charge in [-0.05, 0) is 29.2 Å². The van der Waals surface area contributed by atoms with E-state index in [1.807, 2.05) is 6.07 Å². The van der Waals surface area contributed by atoms with Gasteiger partial charge in [0.2, 0.25) is 5.69 Å². The van der Waals surface area contributed by atoms with Gasteiger partial charge in [-0.1, -0.05) is 74.5 Å². The number of rotatable bonds is 8. The van der Waals surface area contributed by atoms with Crippen molar-refractivity contribution in [3.05, 3.63) is 108 Å². The number of ether oxygens (including phenoxy) is 1. The van der Waals surface area contributed by atoms with Crippen LogP contribution in [0.2, 0.25) is 0 Å². The number of aromatic nitrogens is 2. The first-order valence-corrected chi connectivity index (χ1v) is 12.3. The number of pyridine rings is 1. The molecule has 2 aromatic heterocycles. The van der Waals surface area contributed by atoms with Crippen molar-refractivity contribution >= 4 is 21.8 Å². The van der Waals surface area contributed by atoms with Gasteiger partial charge >= 0.3 is 0 Å². The fourth-order valence-corrected chi connectivity index (χ4v) is 4.73. The molecule has 3 nitrogen and oxygen atoms in total. The van der Waals surface area contributed by atoms with Crippen LogP contribution in [0.15, 0.2) is 91.1 Å². The number of hydrogen-bond acceptors (Lipinski definition) is 1. The van der Waals surface area contributed by atoms with E-state index >= 15 is 0 Å². The third-order valence-corrected chi connectivity index (χ3v) is 6.65. The van der Waals surface area contributed by atoms with Crippen molar-refractivity contribution in [1.82, 2.24) is 4.57 Å². The van der Waals surface area contributed by atoms with Crippen molar-refractivity contribution in [2.75, 3.05) is 0 Å². The van der Waals surface area contributed by atoms with Gasteiger partial charge in [0.15, 0.2) is 6.20 Å². The van der Waals surface area contributed by atoms with Crippen LogP contribution in [-0.2, 0) is 19.7 Å². The Labute approximate surface area is 218 Å². The molecule has 35 heavy (non-hydrogen) atoms. The topological polar surface area (TPSA) is 18.0 Å². The smallest absolute Gasteiger partial charge is 0.202 e. The standard InChI is InChI=1S/C31H33N2O.BrH/c1-23(2)16-18-32-19-17-29-28-15-14-27(34-22-26-12-8-5-9-13-26)20-30(28)33(31(29)24(32)3)21-25-10-6-4-7-11-25;/h4-15,17,19-20,23H,16,18,21-22H2,1-3H3;1H/q+1;/p-1. The van der Waals surface area contributed by atoms with E-state index in [9.17, 15) is 0 Å². The van der Waals surface area contributed by atoms with Gasteiger partial charge in [0.05, 0.1) is 5.52 Å². The van der Waals surface area contributed by atoms with Crippen molar-refractivity contribution in [2.45, 2.75) is 46.9 Å². The van der Waals surface area contributed by atoms with Gasteiger partial charge in [-0.2, -0.15) is 0 Å². The van der Waals surface area contributed by atoms with Crippen LogP contribution in [-0.4, -0.2) is 4.57 Å². The lowest BCUT2D eigenvalue weighted by Gasteiger charge is -2.11. The Balaban J connectivity index is 0.00000289. The number of aryl methyl sites for hydroxylation is 2. The van der Waals surface area contributed by atoms with Crippen molar-refractivity contribution < 1.29 is 26.3 Å². The van der Waals surface area contributed by atoms with Crippen LogP contribution in [0.25, 0.3) is 21.8 Å². The third-order valence-electron chi connectivity index (χ3n) is 6.65. The van der Waals surface area contributed by atoms with Crippen molar-refractivity contribution in [3.8, 4) is 5.75 Å². The second kappa shape index (κ2) is 11.1. The van der Waals surface area contributed by atoms with Gasteiger partial charge in [0.1, 0.15) is 24.4 Å². The Morgan fingerprint density at radius 2 is 1.51 bits per heavy atom. The van der Waals surface area contributed by atoms with Gasteiger partial charge in [-0.25, -0.2) is 4.57 Å². The predicted molar refractivity (Wildman–Crippen MR) is 140 cm³/mol. The first-order valence-electron chi connectivity index (χ1n) is 12.3. The maximum atomic E-state index is 6.20. The van der Waals surface area contributed by atoms with E-state index in [4.69, 9.17) is 4.74 Å². The van der Waals surface area contributed by atoms with Gasteiger partial charge in [0, 0.05) is 42.8 Å². The van der Waals surface area contributed by atoms with Crippen LogP contribution in [0.4, 0.5) is 0 Å². The predicted octanol–water partition coefficient (Wildman–Crippen LogP) is 4.07. The van der Waals surface area contributed by atoms with Crippen molar-refractivity contribution in [2.24, 2.45) is 5.92 Å². The Kier molecular flexibility index (Phi) is 7.92. The van der Waals surface area contributed by atoms with Gasteiger partial charge < -0.3 is 26.3 Å². The summed E-state index contributed by atoms with van der Waals surface area (Å²) < 4.78 is 11.1. The molecule has 5 rings (SSSR count). The van der Waals surface area contributed by atoms with Crippen LogP contribution >= 0.6 is 0 Å². The number of fused-ring (bicyclic) bond motifs is 3. The van der Waals surface area contributed by atoms with Gasteiger partial charge in [-0.3, -0.25) is 0 Å². The molecule has 0 unspecified atom stereocenters. The molecular formula is C31H33BrN2O. The molecule has 0 bridgehead atoms. The summed E-state index contributed by atoms with van der Waals surface area (Å²) in [7, 11) is 0. The largest absolute Gasteiger partial charge is 1.00 e. The first-order chi connectivity index (χ1) is 16.6. The molecule has 0 spiro atoms. The molecule has 0 saturated carbocycles. The average molecular weight is 530 g/mol. The van der Waals surface area contributed by atoms with E-state index in [-0.39, 0.29) is 17.0 Å². The van der Waals surface area contributed by atoms with Crippen molar-refractivity contribution in [1.29, 1.82) is 0 Å². The highest BCUT2D eigenvalue weighted by molar-refractivity contribution is 6.08. The van der Waals surface area contributed by atoms with Crippen LogP contribution in [0.1, 0.15) is 37.1 Å². The van der Waals surface area contributed by atoms with E-state index in [1.54, 1.807) is 0 Å². The summed E-state index contributed by atoms with van der Waals surface area (Å²) in [5.41, 5.74) is 6.32. The SMILES string of the molecule is Cc1c2c(cc[n+]1CCC(C)C)c1ccc(OCc3ccccc3)cc1n2Cc1ccccc1.[Br-]. The van der Waals surface area contributed by atoms with Crippen LogP contribution in [0.3, 0.4) is 0 Å². The minimum atomic E-state index is 0. The number of halogens is 1. The second-order valence-corrected chi connectivity index (χ2v) is 9.56. The highest BCUT2D eigenvalue weighted by atomic mass is 79.9. The maximum absolute atomic E-state index is 6.20. The summed E-state index contributed by atoms with van der Waals surface area (Å²) in [5.74, 6) is 1.58.